The lowest BCUT2D eigenvalue weighted by atomic mass is 10.1. The molecule has 0 spiro atoms. The summed E-state index contributed by atoms with van der Waals surface area (Å²) in [4.78, 5) is 18.5. The minimum absolute atomic E-state index is 0.0694. The molecule has 98 valence electrons. The number of aromatic nitrogens is 1. The fourth-order valence-corrected chi connectivity index (χ4v) is 2.28. The number of nitrogen functional groups attached to an aromatic ring is 1. The zero-order valence-electron chi connectivity index (χ0n) is 10.8. The maximum atomic E-state index is 12.3. The van der Waals surface area contributed by atoms with E-state index in [1.165, 1.54) is 0 Å². The predicted molar refractivity (Wildman–Crippen MR) is 71.6 cm³/mol. The Hall–Kier alpha value is -1.46. The van der Waals surface area contributed by atoms with Crippen molar-refractivity contribution in [3.05, 3.63) is 23.4 Å². The maximum Gasteiger partial charge on any atom is 0.180 e. The van der Waals surface area contributed by atoms with Crippen LogP contribution >= 0.6 is 0 Å². The number of carbonyl (C=O) groups is 1. The third-order valence-electron chi connectivity index (χ3n) is 3.27. The van der Waals surface area contributed by atoms with Gasteiger partial charge in [-0.3, -0.25) is 9.69 Å². The minimum Gasteiger partial charge on any atom is -0.383 e. The second-order valence-corrected chi connectivity index (χ2v) is 4.69. The zero-order valence-corrected chi connectivity index (χ0v) is 10.8. The van der Waals surface area contributed by atoms with Crippen LogP contribution < -0.4 is 11.1 Å². The van der Waals surface area contributed by atoms with E-state index in [-0.39, 0.29) is 5.78 Å². The lowest BCUT2D eigenvalue weighted by Gasteiger charge is -2.19. The van der Waals surface area contributed by atoms with Gasteiger partial charge in [0.2, 0.25) is 0 Å². The van der Waals surface area contributed by atoms with Gasteiger partial charge in [0.05, 0.1) is 12.1 Å². The number of hydrogen-bond donors (Lipinski definition) is 2. The summed E-state index contributed by atoms with van der Waals surface area (Å²) >= 11 is 0. The molecule has 3 N–H and O–H groups in total. The fraction of sp³-hybridized carbons (Fsp3) is 0.538. The molecule has 1 aromatic heterocycles. The zero-order chi connectivity index (χ0) is 13.0. The van der Waals surface area contributed by atoms with Gasteiger partial charge in [-0.25, -0.2) is 4.98 Å². The van der Waals surface area contributed by atoms with Crippen LogP contribution in [0.2, 0.25) is 0 Å². The summed E-state index contributed by atoms with van der Waals surface area (Å²) < 4.78 is 0. The van der Waals surface area contributed by atoms with Gasteiger partial charge < -0.3 is 11.1 Å². The Morgan fingerprint density at radius 1 is 1.50 bits per heavy atom. The van der Waals surface area contributed by atoms with Crippen LogP contribution in [0, 0.1) is 6.92 Å². The van der Waals surface area contributed by atoms with E-state index < -0.39 is 0 Å². The van der Waals surface area contributed by atoms with Crippen LogP contribution in [0.1, 0.15) is 22.3 Å². The summed E-state index contributed by atoms with van der Waals surface area (Å²) in [6.07, 6.45) is 2.71. The molecule has 1 aliphatic heterocycles. The number of rotatable bonds is 3. The SMILES string of the molecule is Cc1ccnc(N)c1C(=O)CN1CCCNCC1. The first kappa shape index (κ1) is 13.0. The average Bonchev–Trinajstić information content (AvgIpc) is 2.57. The van der Waals surface area contributed by atoms with E-state index in [1.54, 1.807) is 6.20 Å². The van der Waals surface area contributed by atoms with Crippen molar-refractivity contribution in [3.63, 3.8) is 0 Å². The van der Waals surface area contributed by atoms with Gasteiger partial charge in [0.15, 0.2) is 5.78 Å². The van der Waals surface area contributed by atoms with Crippen molar-refractivity contribution < 1.29 is 4.79 Å². The third-order valence-corrected chi connectivity index (χ3v) is 3.27. The summed E-state index contributed by atoms with van der Waals surface area (Å²) in [5.74, 6) is 0.410. The van der Waals surface area contributed by atoms with Gasteiger partial charge in [-0.15, -0.1) is 0 Å². The first-order valence-corrected chi connectivity index (χ1v) is 6.36. The Balaban J connectivity index is 2.07. The number of ketones is 1. The molecule has 0 bridgehead atoms. The highest BCUT2D eigenvalue weighted by Crippen LogP contribution is 2.14. The summed E-state index contributed by atoms with van der Waals surface area (Å²) in [6, 6.07) is 1.83. The lowest BCUT2D eigenvalue weighted by molar-refractivity contribution is 0.0935. The molecule has 0 atom stereocenters. The number of carbonyl (C=O) groups excluding carboxylic acids is 1. The molecule has 0 saturated carbocycles. The Labute approximate surface area is 107 Å². The second-order valence-electron chi connectivity index (χ2n) is 4.69. The first-order valence-electron chi connectivity index (χ1n) is 6.36. The number of hydrogen-bond acceptors (Lipinski definition) is 5. The molecule has 2 rings (SSSR count). The van der Waals surface area contributed by atoms with Crippen molar-refractivity contribution >= 4 is 11.6 Å². The maximum absolute atomic E-state index is 12.3. The summed E-state index contributed by atoms with van der Waals surface area (Å²) in [5, 5.41) is 3.32. The van der Waals surface area contributed by atoms with Crippen LogP contribution in [0.5, 0.6) is 0 Å². The summed E-state index contributed by atoms with van der Waals surface area (Å²) in [7, 11) is 0. The molecule has 0 radical (unpaired) electrons. The van der Waals surface area contributed by atoms with E-state index in [1.807, 2.05) is 13.0 Å². The second kappa shape index (κ2) is 5.93. The molecule has 18 heavy (non-hydrogen) atoms. The van der Waals surface area contributed by atoms with Crippen LogP contribution in [-0.2, 0) is 0 Å². The molecule has 1 saturated heterocycles. The minimum atomic E-state index is 0.0694. The highest BCUT2D eigenvalue weighted by atomic mass is 16.1. The van der Waals surface area contributed by atoms with Crippen molar-refractivity contribution in [2.24, 2.45) is 0 Å². The number of nitrogens with one attached hydrogen (secondary N) is 1. The Morgan fingerprint density at radius 3 is 3.11 bits per heavy atom. The van der Waals surface area contributed by atoms with Crippen LogP contribution in [0.4, 0.5) is 5.82 Å². The highest BCUT2D eigenvalue weighted by Gasteiger charge is 2.18. The number of anilines is 1. The number of nitrogens with two attached hydrogens (primary N) is 1. The molecule has 0 amide bonds. The van der Waals surface area contributed by atoms with Crippen LogP contribution in [0.25, 0.3) is 0 Å². The normalized spacial score (nSPS) is 17.4. The van der Waals surface area contributed by atoms with Gasteiger partial charge in [-0.2, -0.15) is 0 Å². The molecule has 5 heteroatoms. The number of Topliss-reactive ketones (excluding diaryl/α,β-unsaturated/α-hetero) is 1. The molecule has 1 aliphatic rings. The largest absolute Gasteiger partial charge is 0.383 e. The molecule has 5 nitrogen and oxygen atoms in total. The van der Waals surface area contributed by atoms with Gasteiger partial charge in [0.1, 0.15) is 5.82 Å². The summed E-state index contributed by atoms with van der Waals surface area (Å²) in [6.45, 7) is 6.16. The molecule has 0 aliphatic carbocycles. The quantitative estimate of drug-likeness (QED) is 0.760. The molecule has 2 heterocycles. The van der Waals surface area contributed by atoms with E-state index in [0.717, 1.165) is 38.2 Å². The topological polar surface area (TPSA) is 71.2 Å². The number of aryl methyl sites for hydroxylation is 1. The van der Waals surface area contributed by atoms with Gasteiger partial charge in [-0.1, -0.05) is 0 Å². The first-order chi connectivity index (χ1) is 8.68. The van der Waals surface area contributed by atoms with E-state index >= 15 is 0 Å². The van der Waals surface area contributed by atoms with Crippen LogP contribution in [-0.4, -0.2) is 48.4 Å². The van der Waals surface area contributed by atoms with Crippen molar-refractivity contribution in [2.45, 2.75) is 13.3 Å². The molecular formula is C13H20N4O. The van der Waals surface area contributed by atoms with E-state index in [0.29, 0.717) is 17.9 Å². The smallest absolute Gasteiger partial charge is 0.180 e. The average molecular weight is 248 g/mol. The molecule has 0 aromatic carbocycles. The number of nitrogens with zero attached hydrogens (tertiary/aromatic N) is 2. The van der Waals surface area contributed by atoms with Gasteiger partial charge in [0, 0.05) is 19.3 Å². The predicted octanol–water partition coefficient (Wildman–Crippen LogP) is 0.450. The van der Waals surface area contributed by atoms with E-state index in [9.17, 15) is 4.79 Å². The molecule has 0 unspecified atom stereocenters. The van der Waals surface area contributed by atoms with E-state index in [4.69, 9.17) is 5.73 Å². The van der Waals surface area contributed by atoms with Crippen LogP contribution in [0.3, 0.4) is 0 Å². The van der Waals surface area contributed by atoms with Crippen molar-refractivity contribution in [1.82, 2.24) is 15.2 Å². The standard InChI is InChI=1S/C13H20N4O/c1-10-3-5-16-13(14)12(10)11(18)9-17-7-2-4-15-6-8-17/h3,5,15H,2,4,6-9H2,1H3,(H2,14,16). The number of pyridine rings is 1. The van der Waals surface area contributed by atoms with Gasteiger partial charge >= 0.3 is 0 Å². The van der Waals surface area contributed by atoms with E-state index in [2.05, 4.69) is 15.2 Å². The molecular weight excluding hydrogens is 228 g/mol. The third kappa shape index (κ3) is 3.05. The molecule has 1 aromatic rings. The van der Waals surface area contributed by atoms with Crippen LogP contribution in [0.15, 0.2) is 12.3 Å². The Morgan fingerprint density at radius 2 is 2.33 bits per heavy atom. The molecule has 1 fully saturated rings. The van der Waals surface area contributed by atoms with Gasteiger partial charge in [0.25, 0.3) is 0 Å². The monoisotopic (exact) mass is 248 g/mol. The lowest BCUT2D eigenvalue weighted by Crippen LogP contribution is -2.33. The summed E-state index contributed by atoms with van der Waals surface area (Å²) in [5.41, 5.74) is 7.28. The Bertz CT molecular complexity index is 405. The van der Waals surface area contributed by atoms with Crippen molar-refractivity contribution in [2.75, 3.05) is 38.5 Å². The van der Waals surface area contributed by atoms with Crippen molar-refractivity contribution in [1.29, 1.82) is 0 Å². The van der Waals surface area contributed by atoms with Gasteiger partial charge in [-0.05, 0) is 38.1 Å². The fourth-order valence-electron chi connectivity index (χ4n) is 2.28. The van der Waals surface area contributed by atoms with Crippen molar-refractivity contribution in [3.8, 4) is 0 Å². The Kier molecular flexibility index (Phi) is 4.28. The highest BCUT2D eigenvalue weighted by molar-refractivity contribution is 6.02.